The first kappa shape index (κ1) is 14.1. The second kappa shape index (κ2) is 6.68. The van der Waals surface area contributed by atoms with Gasteiger partial charge < -0.3 is 4.90 Å². The lowest BCUT2D eigenvalue weighted by molar-refractivity contribution is 0.0777. The van der Waals surface area contributed by atoms with E-state index in [9.17, 15) is 4.79 Å². The summed E-state index contributed by atoms with van der Waals surface area (Å²) in [5.41, 5.74) is 0.477. The van der Waals surface area contributed by atoms with Crippen molar-refractivity contribution in [1.29, 1.82) is 0 Å². The zero-order chi connectivity index (χ0) is 12.8. The van der Waals surface area contributed by atoms with E-state index in [1.54, 1.807) is 23.1 Å². The molecule has 0 spiro atoms. The van der Waals surface area contributed by atoms with Gasteiger partial charge in [0.1, 0.15) is 0 Å². The van der Waals surface area contributed by atoms with E-state index in [1.807, 2.05) is 6.92 Å². The average Bonchev–Trinajstić information content (AvgIpc) is 2.31. The molecule has 0 atom stereocenters. The van der Waals surface area contributed by atoms with Crippen LogP contribution in [0.25, 0.3) is 0 Å². The van der Waals surface area contributed by atoms with Crippen molar-refractivity contribution in [2.45, 2.75) is 13.3 Å². The van der Waals surface area contributed by atoms with Gasteiger partial charge in [0.15, 0.2) is 0 Å². The number of hydrogen-bond donors (Lipinski definition) is 0. The quantitative estimate of drug-likeness (QED) is 0.778. The maximum Gasteiger partial charge on any atom is 0.256 e. The van der Waals surface area contributed by atoms with Crippen LogP contribution in [0.3, 0.4) is 0 Å². The molecule has 0 fully saturated rings. The molecule has 2 nitrogen and oxygen atoms in total. The topological polar surface area (TPSA) is 20.3 Å². The van der Waals surface area contributed by atoms with E-state index in [0.29, 0.717) is 28.1 Å². The zero-order valence-electron chi connectivity index (χ0n) is 9.54. The van der Waals surface area contributed by atoms with Crippen LogP contribution in [0, 0.1) is 12.3 Å². The van der Waals surface area contributed by atoms with Gasteiger partial charge in [-0.2, -0.15) is 0 Å². The summed E-state index contributed by atoms with van der Waals surface area (Å²) in [4.78, 5) is 13.8. The van der Waals surface area contributed by atoms with Crippen molar-refractivity contribution in [3.63, 3.8) is 0 Å². The monoisotopic (exact) mass is 313 g/mol. The number of terminal acetylenes is 1. The fourth-order valence-corrected chi connectivity index (χ4v) is 2.04. The number of rotatable bonds is 4. The highest BCUT2D eigenvalue weighted by molar-refractivity contribution is 9.10. The minimum atomic E-state index is -0.129. The third kappa shape index (κ3) is 3.49. The Hall–Kier alpha value is -0.980. The third-order valence-corrected chi connectivity index (χ3v) is 3.54. The molecule has 1 amide bonds. The van der Waals surface area contributed by atoms with Crippen LogP contribution in [0.2, 0.25) is 5.02 Å². The van der Waals surface area contributed by atoms with Crippen LogP contribution in [0.15, 0.2) is 22.7 Å². The second-order valence-electron chi connectivity index (χ2n) is 3.53. The molecular weight excluding hydrogens is 302 g/mol. The number of amides is 1. The predicted molar refractivity (Wildman–Crippen MR) is 74.2 cm³/mol. The molecule has 0 aliphatic heterocycles. The molecule has 1 rings (SSSR count). The van der Waals surface area contributed by atoms with E-state index >= 15 is 0 Å². The summed E-state index contributed by atoms with van der Waals surface area (Å²) in [6.45, 7) is 2.93. The number of halogens is 2. The molecule has 17 heavy (non-hydrogen) atoms. The van der Waals surface area contributed by atoms with Gasteiger partial charge in [-0.15, -0.1) is 6.42 Å². The maximum absolute atomic E-state index is 12.2. The van der Waals surface area contributed by atoms with Gasteiger partial charge in [0.05, 0.1) is 17.1 Å². The molecule has 4 heteroatoms. The number of benzene rings is 1. The van der Waals surface area contributed by atoms with E-state index in [0.717, 1.165) is 6.42 Å². The van der Waals surface area contributed by atoms with Gasteiger partial charge >= 0.3 is 0 Å². The van der Waals surface area contributed by atoms with Crippen LogP contribution < -0.4 is 0 Å². The minimum absolute atomic E-state index is 0.129. The van der Waals surface area contributed by atoms with Crippen molar-refractivity contribution in [2.75, 3.05) is 13.1 Å². The summed E-state index contributed by atoms with van der Waals surface area (Å²) in [6.07, 6.45) is 6.12. The van der Waals surface area contributed by atoms with E-state index in [4.69, 9.17) is 18.0 Å². The Morgan fingerprint density at radius 3 is 2.88 bits per heavy atom. The first-order chi connectivity index (χ1) is 8.11. The smallest absolute Gasteiger partial charge is 0.256 e. The van der Waals surface area contributed by atoms with Crippen LogP contribution in [0.4, 0.5) is 0 Å². The van der Waals surface area contributed by atoms with E-state index in [2.05, 4.69) is 21.9 Å². The molecule has 0 N–H and O–H groups in total. The molecule has 90 valence electrons. The number of carbonyl (C=O) groups excluding carboxylic acids is 1. The SMILES string of the molecule is C#CCN(CCC)C(=O)c1cccc(Br)c1Cl. The van der Waals surface area contributed by atoms with E-state index < -0.39 is 0 Å². The van der Waals surface area contributed by atoms with Crippen LogP contribution in [0.5, 0.6) is 0 Å². The number of nitrogens with zero attached hydrogens (tertiary/aromatic N) is 1. The molecule has 0 aliphatic rings. The summed E-state index contributed by atoms with van der Waals surface area (Å²) in [6, 6.07) is 5.28. The highest BCUT2D eigenvalue weighted by Gasteiger charge is 2.17. The van der Waals surface area contributed by atoms with Gasteiger partial charge in [0.25, 0.3) is 5.91 Å². The maximum atomic E-state index is 12.2. The molecule has 0 saturated heterocycles. The second-order valence-corrected chi connectivity index (χ2v) is 4.76. The Kier molecular flexibility index (Phi) is 5.54. The summed E-state index contributed by atoms with van der Waals surface area (Å²) in [5.74, 6) is 2.36. The van der Waals surface area contributed by atoms with Crippen LogP contribution in [-0.2, 0) is 0 Å². The van der Waals surface area contributed by atoms with E-state index in [1.165, 1.54) is 0 Å². The molecule has 0 unspecified atom stereocenters. The Morgan fingerprint density at radius 2 is 2.29 bits per heavy atom. The van der Waals surface area contributed by atoms with Crippen molar-refractivity contribution >= 4 is 33.4 Å². The molecule has 0 saturated carbocycles. The molecule has 0 bridgehead atoms. The fraction of sp³-hybridized carbons (Fsp3) is 0.308. The minimum Gasteiger partial charge on any atom is -0.327 e. The van der Waals surface area contributed by atoms with Crippen molar-refractivity contribution < 1.29 is 4.79 Å². The van der Waals surface area contributed by atoms with Crippen LogP contribution >= 0.6 is 27.5 Å². The van der Waals surface area contributed by atoms with Crippen molar-refractivity contribution in [3.8, 4) is 12.3 Å². The largest absolute Gasteiger partial charge is 0.327 e. The van der Waals surface area contributed by atoms with Crippen molar-refractivity contribution in [3.05, 3.63) is 33.3 Å². The average molecular weight is 315 g/mol. The predicted octanol–water partition coefficient (Wildman–Crippen LogP) is 3.59. The van der Waals surface area contributed by atoms with Crippen LogP contribution in [-0.4, -0.2) is 23.9 Å². The lowest BCUT2D eigenvalue weighted by atomic mass is 10.2. The Bertz CT molecular complexity index is 453. The molecule has 0 aromatic heterocycles. The van der Waals surface area contributed by atoms with Gasteiger partial charge in [0, 0.05) is 11.0 Å². The Labute approximate surface area is 115 Å². The summed E-state index contributed by atoms with van der Waals surface area (Å²) < 4.78 is 0.710. The molecule has 1 aromatic carbocycles. The standard InChI is InChI=1S/C13H13BrClNO/c1-3-8-16(9-4-2)13(17)10-6-5-7-11(14)12(10)15/h1,5-7H,4,8-9H2,2H3. The highest BCUT2D eigenvalue weighted by Crippen LogP contribution is 2.26. The van der Waals surface area contributed by atoms with Crippen LogP contribution in [0.1, 0.15) is 23.7 Å². The Morgan fingerprint density at radius 1 is 1.59 bits per heavy atom. The summed E-state index contributed by atoms with van der Waals surface area (Å²) in [5, 5.41) is 0.427. The third-order valence-electron chi connectivity index (χ3n) is 2.24. The van der Waals surface area contributed by atoms with Gasteiger partial charge in [0.2, 0.25) is 0 Å². The highest BCUT2D eigenvalue weighted by atomic mass is 79.9. The molecule has 0 heterocycles. The molecule has 1 aromatic rings. The van der Waals surface area contributed by atoms with Gasteiger partial charge in [-0.3, -0.25) is 4.79 Å². The molecule has 0 radical (unpaired) electrons. The summed E-state index contributed by atoms with van der Waals surface area (Å²) >= 11 is 9.38. The number of hydrogen-bond acceptors (Lipinski definition) is 1. The Balaban J connectivity index is 3.01. The van der Waals surface area contributed by atoms with E-state index in [-0.39, 0.29) is 5.91 Å². The fourth-order valence-electron chi connectivity index (χ4n) is 1.47. The summed E-state index contributed by atoms with van der Waals surface area (Å²) in [7, 11) is 0. The first-order valence-electron chi connectivity index (χ1n) is 5.28. The van der Waals surface area contributed by atoms with Crippen molar-refractivity contribution in [1.82, 2.24) is 4.90 Å². The lowest BCUT2D eigenvalue weighted by Gasteiger charge is -2.20. The van der Waals surface area contributed by atoms with Crippen molar-refractivity contribution in [2.24, 2.45) is 0 Å². The van der Waals surface area contributed by atoms with Gasteiger partial charge in [-0.05, 0) is 34.5 Å². The first-order valence-corrected chi connectivity index (χ1v) is 6.45. The lowest BCUT2D eigenvalue weighted by Crippen LogP contribution is -2.32. The normalized spacial score (nSPS) is 9.76. The number of carbonyl (C=O) groups is 1. The van der Waals surface area contributed by atoms with Gasteiger partial charge in [-0.1, -0.05) is 30.5 Å². The van der Waals surface area contributed by atoms with Gasteiger partial charge in [-0.25, -0.2) is 0 Å². The molecular formula is C13H13BrClNO. The molecule has 0 aliphatic carbocycles. The zero-order valence-corrected chi connectivity index (χ0v) is 11.9.